The van der Waals surface area contributed by atoms with Crippen LogP contribution in [0, 0.1) is 0 Å². The number of nitrogens with zero attached hydrogens (tertiary/aromatic N) is 2. The molecule has 78 valence electrons. The van der Waals surface area contributed by atoms with Gasteiger partial charge in [-0.1, -0.05) is 6.92 Å². The van der Waals surface area contributed by atoms with E-state index in [1.807, 2.05) is 26.2 Å². The Labute approximate surface area is 83.3 Å². The van der Waals surface area contributed by atoms with Gasteiger partial charge in [-0.25, -0.2) is 0 Å². The molecule has 0 aromatic carbocycles. The van der Waals surface area contributed by atoms with Gasteiger partial charge in [0.25, 0.3) is 0 Å². The predicted molar refractivity (Wildman–Crippen MR) is 53.3 cm³/mol. The molecule has 0 aliphatic heterocycles. The second kappa shape index (κ2) is 4.76. The fraction of sp³-hybridized carbons (Fsp3) is 0.556. The average molecular weight is 196 g/mol. The SMILES string of the molecule is CC[C@H](N)C(=O)NCc1ccn(C)n1. The molecule has 0 unspecified atom stereocenters. The van der Waals surface area contributed by atoms with Crippen molar-refractivity contribution >= 4 is 5.91 Å². The maximum absolute atomic E-state index is 11.3. The maximum Gasteiger partial charge on any atom is 0.237 e. The van der Waals surface area contributed by atoms with Crippen LogP contribution in [0.5, 0.6) is 0 Å². The van der Waals surface area contributed by atoms with Gasteiger partial charge in [0.15, 0.2) is 0 Å². The van der Waals surface area contributed by atoms with Gasteiger partial charge in [-0.2, -0.15) is 5.10 Å². The molecule has 0 saturated heterocycles. The first-order valence-electron chi connectivity index (χ1n) is 4.65. The molecule has 5 nitrogen and oxygen atoms in total. The second-order valence-electron chi connectivity index (χ2n) is 3.21. The number of aromatic nitrogens is 2. The van der Waals surface area contributed by atoms with E-state index in [1.165, 1.54) is 0 Å². The monoisotopic (exact) mass is 196 g/mol. The van der Waals surface area contributed by atoms with Crippen molar-refractivity contribution in [3.63, 3.8) is 0 Å². The summed E-state index contributed by atoms with van der Waals surface area (Å²) in [6, 6.07) is 1.44. The number of nitrogens with two attached hydrogens (primary N) is 1. The van der Waals surface area contributed by atoms with Crippen LogP contribution in [0.1, 0.15) is 19.0 Å². The quantitative estimate of drug-likeness (QED) is 0.699. The Kier molecular flexibility index (Phi) is 3.64. The van der Waals surface area contributed by atoms with Crippen LogP contribution in [0.15, 0.2) is 12.3 Å². The lowest BCUT2D eigenvalue weighted by Gasteiger charge is -2.08. The van der Waals surface area contributed by atoms with Crippen molar-refractivity contribution in [2.75, 3.05) is 0 Å². The summed E-state index contributed by atoms with van der Waals surface area (Å²) in [7, 11) is 1.84. The number of hydrogen-bond donors (Lipinski definition) is 2. The first kappa shape index (κ1) is 10.7. The summed E-state index contributed by atoms with van der Waals surface area (Å²) in [5.41, 5.74) is 6.39. The van der Waals surface area contributed by atoms with Crippen LogP contribution in [0.2, 0.25) is 0 Å². The first-order chi connectivity index (χ1) is 6.63. The molecule has 1 aromatic heterocycles. The van der Waals surface area contributed by atoms with Crippen LogP contribution in [-0.2, 0) is 18.4 Å². The van der Waals surface area contributed by atoms with E-state index < -0.39 is 6.04 Å². The minimum atomic E-state index is -0.418. The van der Waals surface area contributed by atoms with Crippen molar-refractivity contribution in [3.8, 4) is 0 Å². The van der Waals surface area contributed by atoms with Crippen molar-refractivity contribution in [3.05, 3.63) is 18.0 Å². The highest BCUT2D eigenvalue weighted by molar-refractivity contribution is 5.81. The van der Waals surface area contributed by atoms with E-state index in [9.17, 15) is 4.79 Å². The lowest BCUT2D eigenvalue weighted by molar-refractivity contribution is -0.122. The van der Waals surface area contributed by atoms with Crippen LogP contribution in [0.3, 0.4) is 0 Å². The zero-order valence-electron chi connectivity index (χ0n) is 8.53. The third kappa shape index (κ3) is 2.85. The van der Waals surface area contributed by atoms with Gasteiger partial charge in [0.2, 0.25) is 5.91 Å². The van der Waals surface area contributed by atoms with Gasteiger partial charge in [0.05, 0.1) is 18.3 Å². The van der Waals surface area contributed by atoms with Crippen LogP contribution >= 0.6 is 0 Å². The van der Waals surface area contributed by atoms with Gasteiger partial charge in [0.1, 0.15) is 0 Å². The van der Waals surface area contributed by atoms with Gasteiger partial charge in [-0.15, -0.1) is 0 Å². The summed E-state index contributed by atoms with van der Waals surface area (Å²) in [5.74, 6) is -0.127. The van der Waals surface area contributed by atoms with E-state index in [0.29, 0.717) is 13.0 Å². The number of carbonyl (C=O) groups excluding carboxylic acids is 1. The minimum absolute atomic E-state index is 0.127. The molecule has 0 aliphatic rings. The number of rotatable bonds is 4. The predicted octanol–water partition coefficient (Wildman–Crippen LogP) is -0.226. The van der Waals surface area contributed by atoms with Crippen molar-refractivity contribution in [2.24, 2.45) is 12.8 Å². The van der Waals surface area contributed by atoms with E-state index in [2.05, 4.69) is 10.4 Å². The molecule has 1 amide bonds. The molecule has 1 rings (SSSR count). The summed E-state index contributed by atoms with van der Waals surface area (Å²) in [4.78, 5) is 11.3. The number of amides is 1. The summed E-state index contributed by atoms with van der Waals surface area (Å²) >= 11 is 0. The highest BCUT2D eigenvalue weighted by Crippen LogP contribution is 1.94. The Morgan fingerprint density at radius 3 is 3.00 bits per heavy atom. The topological polar surface area (TPSA) is 72.9 Å². The third-order valence-electron chi connectivity index (χ3n) is 1.99. The fourth-order valence-corrected chi connectivity index (χ4v) is 1.05. The minimum Gasteiger partial charge on any atom is -0.349 e. The maximum atomic E-state index is 11.3. The third-order valence-corrected chi connectivity index (χ3v) is 1.99. The summed E-state index contributed by atoms with van der Waals surface area (Å²) in [6.07, 6.45) is 2.48. The normalized spacial score (nSPS) is 12.5. The van der Waals surface area contributed by atoms with Gasteiger partial charge in [-0.05, 0) is 12.5 Å². The van der Waals surface area contributed by atoms with E-state index >= 15 is 0 Å². The molecule has 0 bridgehead atoms. The standard InChI is InChI=1S/C9H16N4O/c1-3-8(10)9(14)11-6-7-4-5-13(2)12-7/h4-5,8H,3,6,10H2,1-2H3,(H,11,14)/t8-/m0/s1. The fourth-order valence-electron chi connectivity index (χ4n) is 1.05. The van der Waals surface area contributed by atoms with Crippen molar-refractivity contribution in [1.29, 1.82) is 0 Å². The Hall–Kier alpha value is -1.36. The molecule has 1 aromatic rings. The molecule has 5 heteroatoms. The van der Waals surface area contributed by atoms with Crippen LogP contribution < -0.4 is 11.1 Å². The van der Waals surface area contributed by atoms with Gasteiger partial charge >= 0.3 is 0 Å². The molecule has 0 aliphatic carbocycles. The largest absolute Gasteiger partial charge is 0.349 e. The molecule has 14 heavy (non-hydrogen) atoms. The van der Waals surface area contributed by atoms with Crippen LogP contribution in [0.25, 0.3) is 0 Å². The molecule has 0 fully saturated rings. The zero-order valence-corrected chi connectivity index (χ0v) is 8.53. The first-order valence-corrected chi connectivity index (χ1v) is 4.65. The molecule has 0 radical (unpaired) electrons. The van der Waals surface area contributed by atoms with Gasteiger partial charge in [0, 0.05) is 13.2 Å². The van der Waals surface area contributed by atoms with Gasteiger partial charge in [-0.3, -0.25) is 9.48 Å². The number of hydrogen-bond acceptors (Lipinski definition) is 3. The molecule has 1 heterocycles. The lowest BCUT2D eigenvalue weighted by atomic mass is 10.2. The molecule has 1 atom stereocenters. The molecular formula is C9H16N4O. The van der Waals surface area contributed by atoms with Crippen molar-refractivity contribution in [2.45, 2.75) is 25.9 Å². The molecular weight excluding hydrogens is 180 g/mol. The van der Waals surface area contributed by atoms with E-state index in [-0.39, 0.29) is 5.91 Å². The molecule has 3 N–H and O–H groups in total. The van der Waals surface area contributed by atoms with Crippen LogP contribution in [-0.4, -0.2) is 21.7 Å². The molecule has 0 saturated carbocycles. The highest BCUT2D eigenvalue weighted by Gasteiger charge is 2.10. The Balaban J connectivity index is 2.37. The number of nitrogens with one attached hydrogen (secondary N) is 1. The Bertz CT molecular complexity index is 308. The van der Waals surface area contributed by atoms with E-state index in [0.717, 1.165) is 5.69 Å². The smallest absolute Gasteiger partial charge is 0.237 e. The summed E-state index contributed by atoms with van der Waals surface area (Å²) < 4.78 is 1.70. The zero-order chi connectivity index (χ0) is 10.6. The Morgan fingerprint density at radius 2 is 2.50 bits per heavy atom. The molecule has 0 spiro atoms. The second-order valence-corrected chi connectivity index (χ2v) is 3.21. The summed E-state index contributed by atoms with van der Waals surface area (Å²) in [6.45, 7) is 2.32. The Morgan fingerprint density at radius 1 is 1.79 bits per heavy atom. The van der Waals surface area contributed by atoms with E-state index in [4.69, 9.17) is 5.73 Å². The average Bonchev–Trinajstić information content (AvgIpc) is 2.59. The van der Waals surface area contributed by atoms with Crippen molar-refractivity contribution < 1.29 is 4.79 Å². The summed E-state index contributed by atoms with van der Waals surface area (Å²) in [5, 5.41) is 6.85. The van der Waals surface area contributed by atoms with Crippen LogP contribution in [0.4, 0.5) is 0 Å². The van der Waals surface area contributed by atoms with Crippen molar-refractivity contribution in [1.82, 2.24) is 15.1 Å². The highest BCUT2D eigenvalue weighted by atomic mass is 16.2. The van der Waals surface area contributed by atoms with Gasteiger partial charge < -0.3 is 11.1 Å². The number of aryl methyl sites for hydroxylation is 1. The van der Waals surface area contributed by atoms with E-state index in [1.54, 1.807) is 4.68 Å². The lowest BCUT2D eigenvalue weighted by Crippen LogP contribution is -2.39. The number of carbonyl (C=O) groups is 1.